The number of guanidine groups is 1. The number of piperidine rings is 1. The smallest absolute Gasteiger partial charge is 0.322 e. The number of hydrogen-bond acceptors (Lipinski definition) is 4. The van der Waals surface area contributed by atoms with Gasteiger partial charge in [0.15, 0.2) is 5.96 Å². The molecule has 0 spiro atoms. The highest BCUT2D eigenvalue weighted by molar-refractivity contribution is 6.07. The first-order valence-corrected chi connectivity index (χ1v) is 8.95. The van der Waals surface area contributed by atoms with E-state index in [9.17, 15) is 14.4 Å². The van der Waals surface area contributed by atoms with Crippen LogP contribution in [-0.4, -0.2) is 68.0 Å². The summed E-state index contributed by atoms with van der Waals surface area (Å²) in [4.78, 5) is 41.9. The molecule has 2 aliphatic heterocycles. The lowest BCUT2D eigenvalue weighted by molar-refractivity contribution is -0.128. The van der Waals surface area contributed by atoms with E-state index in [1.54, 1.807) is 21.0 Å². The van der Waals surface area contributed by atoms with Gasteiger partial charge in [-0.1, -0.05) is 0 Å². The Labute approximate surface area is 154 Å². The summed E-state index contributed by atoms with van der Waals surface area (Å²) in [5.41, 5.74) is -1.40. The highest BCUT2D eigenvalue weighted by Crippen LogP contribution is 2.30. The van der Waals surface area contributed by atoms with Gasteiger partial charge >= 0.3 is 6.03 Å². The molecular formula is C17H30N6O3. The fourth-order valence-corrected chi connectivity index (χ4v) is 3.56. The van der Waals surface area contributed by atoms with E-state index in [0.717, 1.165) is 31.9 Å². The third-order valence-electron chi connectivity index (χ3n) is 5.42. The van der Waals surface area contributed by atoms with Crippen molar-refractivity contribution < 1.29 is 14.4 Å². The molecule has 1 atom stereocenters. The number of carbonyl (C=O) groups excluding carboxylic acids is 3. The summed E-state index contributed by atoms with van der Waals surface area (Å²) in [5.74, 6) is 0.530. The van der Waals surface area contributed by atoms with Gasteiger partial charge in [-0.05, 0) is 39.5 Å². The molecule has 4 amide bonds. The lowest BCUT2D eigenvalue weighted by Gasteiger charge is -2.40. The number of carbonyl (C=O) groups is 3. The van der Waals surface area contributed by atoms with Crippen LogP contribution in [0.3, 0.4) is 0 Å². The van der Waals surface area contributed by atoms with Gasteiger partial charge in [-0.15, -0.1) is 0 Å². The first kappa shape index (κ1) is 20.0. The summed E-state index contributed by atoms with van der Waals surface area (Å²) in [5, 5.41) is 11.0. The fourth-order valence-electron chi connectivity index (χ4n) is 3.56. The van der Waals surface area contributed by atoms with Gasteiger partial charge in [0.25, 0.3) is 5.91 Å². The molecule has 4 N–H and O–H groups in total. The Bertz CT molecular complexity index is 610. The van der Waals surface area contributed by atoms with Gasteiger partial charge in [-0.2, -0.15) is 0 Å². The molecule has 2 rings (SSSR count). The van der Waals surface area contributed by atoms with Crippen LogP contribution in [0.1, 0.15) is 33.6 Å². The van der Waals surface area contributed by atoms with Crippen LogP contribution >= 0.6 is 0 Å². The second kappa shape index (κ2) is 7.51. The summed E-state index contributed by atoms with van der Waals surface area (Å²) >= 11 is 0. The number of likely N-dealkylation sites (tertiary alicyclic amines) is 1. The number of rotatable bonds is 4. The van der Waals surface area contributed by atoms with Gasteiger partial charge in [0.05, 0.1) is 5.41 Å². The quantitative estimate of drug-likeness (QED) is 0.308. The maximum Gasteiger partial charge on any atom is 0.322 e. The van der Waals surface area contributed by atoms with E-state index in [-0.39, 0.29) is 17.7 Å². The zero-order valence-electron chi connectivity index (χ0n) is 16.2. The maximum absolute atomic E-state index is 12.1. The molecule has 26 heavy (non-hydrogen) atoms. The van der Waals surface area contributed by atoms with Crippen molar-refractivity contribution in [3.8, 4) is 0 Å². The summed E-state index contributed by atoms with van der Waals surface area (Å²) in [7, 11) is 3.34. The maximum atomic E-state index is 12.1. The highest BCUT2D eigenvalue weighted by atomic mass is 16.2. The third-order valence-corrected chi connectivity index (χ3v) is 5.42. The minimum absolute atomic E-state index is 0.0323. The number of urea groups is 1. The fraction of sp³-hybridized carbons (Fsp3) is 0.765. The molecule has 2 fully saturated rings. The van der Waals surface area contributed by atoms with E-state index >= 15 is 0 Å². The number of nitrogens with one attached hydrogen (secondary N) is 4. The molecule has 2 saturated heterocycles. The zero-order valence-corrected chi connectivity index (χ0v) is 16.2. The van der Waals surface area contributed by atoms with Crippen LogP contribution in [0, 0.1) is 11.3 Å². The topological polar surface area (TPSA) is 115 Å². The molecule has 1 unspecified atom stereocenters. The molecule has 2 aliphatic rings. The first-order valence-electron chi connectivity index (χ1n) is 8.95. The van der Waals surface area contributed by atoms with Crippen molar-refractivity contribution in [3.05, 3.63) is 0 Å². The van der Waals surface area contributed by atoms with E-state index in [0.29, 0.717) is 6.54 Å². The van der Waals surface area contributed by atoms with Crippen LogP contribution in [-0.2, 0) is 9.59 Å². The van der Waals surface area contributed by atoms with Crippen molar-refractivity contribution in [2.24, 2.45) is 16.3 Å². The van der Waals surface area contributed by atoms with Crippen molar-refractivity contribution in [1.82, 2.24) is 26.2 Å². The molecule has 146 valence electrons. The normalized spacial score (nSPS) is 25.0. The summed E-state index contributed by atoms with van der Waals surface area (Å²) in [6, 6.07) is -0.422. The van der Waals surface area contributed by atoms with Crippen molar-refractivity contribution in [1.29, 1.82) is 0 Å². The van der Waals surface area contributed by atoms with Gasteiger partial charge in [0.2, 0.25) is 5.91 Å². The average Bonchev–Trinajstić information content (AvgIpc) is 2.88. The molecule has 0 saturated carbocycles. The van der Waals surface area contributed by atoms with Crippen LogP contribution in [0.15, 0.2) is 4.99 Å². The molecule has 0 aromatic carbocycles. The van der Waals surface area contributed by atoms with Crippen molar-refractivity contribution >= 4 is 23.8 Å². The zero-order chi connectivity index (χ0) is 19.5. The van der Waals surface area contributed by atoms with Gasteiger partial charge < -0.3 is 20.9 Å². The molecule has 0 radical (unpaired) electrons. The summed E-state index contributed by atoms with van der Waals surface area (Å²) in [6.07, 6.45) is 1.54. The number of nitrogens with zero attached hydrogens (tertiary/aromatic N) is 2. The minimum atomic E-state index is -0.846. The first-order chi connectivity index (χ1) is 12.1. The SMILES string of the molecule is CN=C(NCC(C)(C)C(=O)NC)N1CCC(C2(C)NC(=O)NC2=O)CC1. The number of amides is 4. The van der Waals surface area contributed by atoms with E-state index < -0.39 is 17.0 Å². The Morgan fingerprint density at radius 2 is 1.96 bits per heavy atom. The Morgan fingerprint density at radius 3 is 2.42 bits per heavy atom. The summed E-state index contributed by atoms with van der Waals surface area (Å²) in [6.45, 7) is 7.45. The van der Waals surface area contributed by atoms with E-state index in [4.69, 9.17) is 0 Å². The largest absolute Gasteiger partial charge is 0.359 e. The Balaban J connectivity index is 1.93. The number of hydrogen-bond donors (Lipinski definition) is 4. The van der Waals surface area contributed by atoms with Gasteiger partial charge in [-0.25, -0.2) is 4.79 Å². The Hall–Kier alpha value is -2.32. The predicted octanol–water partition coefficient (Wildman–Crippen LogP) is -0.356. The van der Waals surface area contributed by atoms with Gasteiger partial charge in [-0.3, -0.25) is 19.9 Å². The van der Waals surface area contributed by atoms with Crippen molar-refractivity contribution in [2.75, 3.05) is 33.7 Å². The predicted molar refractivity (Wildman–Crippen MR) is 98.6 cm³/mol. The highest BCUT2D eigenvalue weighted by Gasteiger charge is 2.48. The van der Waals surface area contributed by atoms with Crippen LogP contribution in [0.5, 0.6) is 0 Å². The van der Waals surface area contributed by atoms with Crippen molar-refractivity contribution in [2.45, 2.75) is 39.2 Å². The van der Waals surface area contributed by atoms with E-state index in [1.165, 1.54) is 0 Å². The van der Waals surface area contributed by atoms with Crippen LogP contribution in [0.25, 0.3) is 0 Å². The second-order valence-electron chi connectivity index (χ2n) is 7.74. The molecule has 2 heterocycles. The monoisotopic (exact) mass is 366 g/mol. The molecule has 0 aromatic heterocycles. The van der Waals surface area contributed by atoms with Gasteiger partial charge in [0.1, 0.15) is 5.54 Å². The molecule has 9 heteroatoms. The third kappa shape index (κ3) is 3.91. The summed E-state index contributed by atoms with van der Waals surface area (Å²) < 4.78 is 0. The van der Waals surface area contributed by atoms with Gasteiger partial charge in [0, 0.05) is 33.7 Å². The van der Waals surface area contributed by atoms with Crippen LogP contribution in [0.4, 0.5) is 4.79 Å². The van der Waals surface area contributed by atoms with Crippen LogP contribution < -0.4 is 21.3 Å². The standard InChI is InChI=1S/C17H30N6O3/c1-16(2,12(24)18-4)10-20-14(19-5)23-8-6-11(7-9-23)17(3)13(25)21-15(26)22-17/h11H,6-10H2,1-5H3,(H,18,24)(H,19,20)(H2,21,22,25,26). The van der Waals surface area contributed by atoms with E-state index in [1.807, 2.05) is 13.8 Å². The molecule has 0 aromatic rings. The minimum Gasteiger partial charge on any atom is -0.359 e. The lowest BCUT2D eigenvalue weighted by Crippen LogP contribution is -2.56. The second-order valence-corrected chi connectivity index (χ2v) is 7.74. The Morgan fingerprint density at radius 1 is 1.35 bits per heavy atom. The molecule has 9 nitrogen and oxygen atoms in total. The van der Waals surface area contributed by atoms with E-state index in [2.05, 4.69) is 31.2 Å². The molecule has 0 bridgehead atoms. The number of imide groups is 1. The Kier molecular flexibility index (Phi) is 5.77. The number of aliphatic imine (C=N–C) groups is 1. The molecule has 0 aliphatic carbocycles. The van der Waals surface area contributed by atoms with Crippen LogP contribution in [0.2, 0.25) is 0 Å². The molecular weight excluding hydrogens is 336 g/mol. The average molecular weight is 366 g/mol. The van der Waals surface area contributed by atoms with Crippen molar-refractivity contribution in [3.63, 3.8) is 0 Å². The lowest BCUT2D eigenvalue weighted by atomic mass is 9.79.